The van der Waals surface area contributed by atoms with E-state index in [1.54, 1.807) is 24.5 Å². The zero-order valence-corrected chi connectivity index (χ0v) is 22.1. The van der Waals surface area contributed by atoms with Crippen LogP contribution in [0.4, 0.5) is 0 Å². The highest BCUT2D eigenvalue weighted by molar-refractivity contribution is 5.97. The van der Waals surface area contributed by atoms with Crippen molar-refractivity contribution in [2.75, 3.05) is 14.2 Å². The van der Waals surface area contributed by atoms with E-state index in [0.29, 0.717) is 12.0 Å². The fourth-order valence-corrected chi connectivity index (χ4v) is 3.44. The minimum absolute atomic E-state index is 0.127. The molecule has 8 nitrogen and oxygen atoms in total. The molecular weight excluding hydrogens is 482 g/mol. The van der Waals surface area contributed by atoms with Crippen molar-refractivity contribution in [3.05, 3.63) is 101 Å². The molecule has 200 valence electrons. The lowest BCUT2D eigenvalue weighted by Gasteiger charge is -2.09. The fourth-order valence-electron chi connectivity index (χ4n) is 3.44. The molecule has 1 unspecified atom stereocenters. The van der Waals surface area contributed by atoms with Crippen molar-refractivity contribution in [1.82, 2.24) is 15.3 Å². The van der Waals surface area contributed by atoms with Crippen molar-refractivity contribution in [3.8, 4) is 5.75 Å². The maximum Gasteiger partial charge on any atom is 0.207 e. The maximum absolute atomic E-state index is 11.2. The Morgan fingerprint density at radius 2 is 1.61 bits per heavy atom. The number of carbonyl (C=O) groups excluding carboxylic acids is 2. The monoisotopic (exact) mass is 517 g/mol. The van der Waals surface area contributed by atoms with E-state index in [9.17, 15) is 9.59 Å². The van der Waals surface area contributed by atoms with Gasteiger partial charge in [-0.25, -0.2) is 0 Å². The summed E-state index contributed by atoms with van der Waals surface area (Å²) < 4.78 is 0. The van der Waals surface area contributed by atoms with Crippen LogP contribution in [0.3, 0.4) is 0 Å². The molecule has 0 aliphatic rings. The van der Waals surface area contributed by atoms with E-state index in [0.717, 1.165) is 60.2 Å². The lowest BCUT2D eigenvalue weighted by atomic mass is 10.0. The van der Waals surface area contributed by atoms with E-state index in [-0.39, 0.29) is 11.8 Å². The second-order valence-corrected chi connectivity index (χ2v) is 7.92. The molecule has 0 saturated carbocycles. The van der Waals surface area contributed by atoms with Gasteiger partial charge in [-0.2, -0.15) is 0 Å². The van der Waals surface area contributed by atoms with Gasteiger partial charge in [-0.15, -0.1) is 0 Å². The second-order valence-electron chi connectivity index (χ2n) is 7.92. The van der Waals surface area contributed by atoms with E-state index in [1.165, 1.54) is 0 Å². The number of pyridine rings is 2. The number of phenols is 1. The molecule has 4 aromatic rings. The number of aromatic hydroxyl groups is 1. The maximum atomic E-state index is 11.2. The van der Waals surface area contributed by atoms with Crippen LogP contribution in [0.2, 0.25) is 0 Å². The van der Waals surface area contributed by atoms with Crippen LogP contribution in [0.25, 0.3) is 23.1 Å². The lowest BCUT2D eigenvalue weighted by molar-refractivity contribution is -0.110. The molecule has 0 aliphatic heterocycles. The van der Waals surface area contributed by atoms with E-state index in [1.807, 2.05) is 74.5 Å². The zero-order valence-electron chi connectivity index (χ0n) is 22.1. The second kappa shape index (κ2) is 17.9. The third-order valence-corrected chi connectivity index (χ3v) is 5.10. The molecule has 38 heavy (non-hydrogen) atoms. The molecule has 0 fully saturated rings. The Kier molecular flexibility index (Phi) is 14.9. The summed E-state index contributed by atoms with van der Waals surface area (Å²) in [4.78, 5) is 29.8. The first kappa shape index (κ1) is 31.6. The molecular formula is C30H35N3O5. The van der Waals surface area contributed by atoms with Crippen LogP contribution in [-0.2, 0) is 11.2 Å². The number of carbonyl (C=O) groups is 2. The Morgan fingerprint density at radius 1 is 0.921 bits per heavy atom. The van der Waals surface area contributed by atoms with Crippen LogP contribution in [0, 0.1) is 6.92 Å². The number of aliphatic hydroxyl groups excluding tert-OH is 2. The molecule has 1 atom stereocenters. The van der Waals surface area contributed by atoms with E-state index in [4.69, 9.17) is 15.3 Å². The van der Waals surface area contributed by atoms with Crippen LogP contribution in [-0.4, -0.2) is 58.2 Å². The minimum atomic E-state index is 0.127. The van der Waals surface area contributed by atoms with Crippen LogP contribution in [0.15, 0.2) is 73.1 Å². The molecule has 0 spiro atoms. The van der Waals surface area contributed by atoms with Gasteiger partial charge in [-0.1, -0.05) is 36.4 Å². The van der Waals surface area contributed by atoms with Crippen LogP contribution in [0.1, 0.15) is 39.7 Å². The highest BCUT2D eigenvalue weighted by Crippen LogP contribution is 2.20. The largest absolute Gasteiger partial charge is 0.508 e. The summed E-state index contributed by atoms with van der Waals surface area (Å²) in [5.41, 5.74) is 5.53. The summed E-state index contributed by atoms with van der Waals surface area (Å²) in [7, 11) is 2.00. The SMILES string of the molecule is CC(Cc1ccc(O)cc1)NC=O.CO.CO.Cc1cc(C=O)c2cc(/C=C/c3cccnc3)ccc2n1. The van der Waals surface area contributed by atoms with Gasteiger partial charge in [0.15, 0.2) is 6.29 Å². The number of amides is 1. The van der Waals surface area contributed by atoms with E-state index >= 15 is 0 Å². The smallest absolute Gasteiger partial charge is 0.207 e. The predicted octanol–water partition coefficient (Wildman–Crippen LogP) is 4.21. The number of aldehydes is 1. The fraction of sp³-hybridized carbons (Fsp3) is 0.200. The van der Waals surface area contributed by atoms with Gasteiger partial charge < -0.3 is 20.6 Å². The van der Waals surface area contributed by atoms with Gasteiger partial charge in [0.2, 0.25) is 6.41 Å². The molecule has 0 bridgehead atoms. The standard InChI is InChI=1S/C18H14N2O.C10H13NO2.2CH4O/c1-13-9-16(12-21)17-10-14(6-7-18(17)20-13)4-5-15-3-2-8-19-11-15;1-8(11-7-12)6-9-2-4-10(13)5-3-9;2*1-2/h2-12H,1H3;2-5,7-8,13H,6H2,1H3,(H,11,12);2*2H,1H3/b5-4+;;;. The first-order valence-corrected chi connectivity index (χ1v) is 11.8. The minimum Gasteiger partial charge on any atom is -0.508 e. The van der Waals surface area contributed by atoms with Crippen molar-refractivity contribution in [1.29, 1.82) is 0 Å². The van der Waals surface area contributed by atoms with Crippen LogP contribution in [0.5, 0.6) is 5.75 Å². The number of fused-ring (bicyclic) bond motifs is 1. The van der Waals surface area contributed by atoms with Crippen molar-refractivity contribution in [3.63, 3.8) is 0 Å². The number of aryl methyl sites for hydroxylation is 1. The normalized spacial score (nSPS) is 10.6. The van der Waals surface area contributed by atoms with E-state index in [2.05, 4.69) is 15.3 Å². The Hall–Kier alpha value is -4.40. The highest BCUT2D eigenvalue weighted by atomic mass is 16.3. The molecule has 0 radical (unpaired) electrons. The molecule has 4 rings (SSSR count). The molecule has 8 heteroatoms. The number of hydrogen-bond donors (Lipinski definition) is 4. The molecule has 2 aromatic heterocycles. The zero-order chi connectivity index (χ0) is 28.3. The molecule has 4 N–H and O–H groups in total. The molecule has 1 amide bonds. The number of aliphatic hydroxyl groups is 2. The summed E-state index contributed by atoms with van der Waals surface area (Å²) in [5, 5.41) is 26.6. The number of rotatable bonds is 7. The van der Waals surface area contributed by atoms with Gasteiger partial charge in [-0.05, 0) is 73.4 Å². The number of hydrogen-bond acceptors (Lipinski definition) is 7. The van der Waals surface area contributed by atoms with Crippen molar-refractivity contribution in [2.24, 2.45) is 0 Å². The summed E-state index contributed by atoms with van der Waals surface area (Å²) in [6.45, 7) is 3.82. The third-order valence-electron chi connectivity index (χ3n) is 5.10. The average Bonchev–Trinajstić information content (AvgIpc) is 2.96. The number of nitrogens with one attached hydrogen (secondary N) is 1. The van der Waals surface area contributed by atoms with Gasteiger partial charge in [0, 0.05) is 49.3 Å². The average molecular weight is 518 g/mol. The van der Waals surface area contributed by atoms with Gasteiger partial charge in [0.05, 0.1) is 5.52 Å². The Bertz CT molecular complexity index is 1280. The first-order valence-electron chi connectivity index (χ1n) is 11.8. The van der Waals surface area contributed by atoms with Gasteiger partial charge in [-0.3, -0.25) is 19.6 Å². The summed E-state index contributed by atoms with van der Waals surface area (Å²) in [5.74, 6) is 0.264. The van der Waals surface area contributed by atoms with Gasteiger partial charge in [0.25, 0.3) is 0 Å². The van der Waals surface area contributed by atoms with Crippen LogP contribution < -0.4 is 5.32 Å². The Morgan fingerprint density at radius 3 is 2.21 bits per heavy atom. The van der Waals surface area contributed by atoms with Gasteiger partial charge in [0.1, 0.15) is 5.75 Å². The summed E-state index contributed by atoms with van der Waals surface area (Å²) in [6.07, 6.45) is 9.91. The molecule has 2 heterocycles. The Labute approximate surface area is 223 Å². The molecule has 2 aromatic carbocycles. The Balaban J connectivity index is 0.000000366. The van der Waals surface area contributed by atoms with Crippen molar-refractivity contribution < 1.29 is 24.9 Å². The molecule has 0 saturated heterocycles. The predicted molar refractivity (Wildman–Crippen MR) is 152 cm³/mol. The number of aromatic nitrogens is 2. The lowest BCUT2D eigenvalue weighted by Crippen LogP contribution is -2.26. The number of benzene rings is 2. The highest BCUT2D eigenvalue weighted by Gasteiger charge is 2.04. The number of nitrogens with zero attached hydrogens (tertiary/aromatic N) is 2. The van der Waals surface area contributed by atoms with Crippen molar-refractivity contribution >= 4 is 35.8 Å². The topological polar surface area (TPSA) is 133 Å². The van der Waals surface area contributed by atoms with Gasteiger partial charge >= 0.3 is 0 Å². The van der Waals surface area contributed by atoms with E-state index < -0.39 is 0 Å². The first-order chi connectivity index (χ1) is 18.5. The molecule has 0 aliphatic carbocycles. The third kappa shape index (κ3) is 10.7. The summed E-state index contributed by atoms with van der Waals surface area (Å²) in [6, 6.07) is 18.7. The van der Waals surface area contributed by atoms with Crippen LogP contribution >= 0.6 is 0 Å². The van der Waals surface area contributed by atoms with Crippen molar-refractivity contribution in [2.45, 2.75) is 26.3 Å². The number of phenolic OH excluding ortho intramolecular Hbond substituents is 1. The summed E-state index contributed by atoms with van der Waals surface area (Å²) >= 11 is 0. The quantitative estimate of drug-likeness (QED) is 0.270.